The van der Waals surface area contributed by atoms with Gasteiger partial charge in [-0.25, -0.2) is 0 Å². The molecule has 464 valence electrons. The Morgan fingerprint density at radius 2 is 0.623 bits per heavy atom. The first-order valence-corrected chi connectivity index (χ1v) is 33.4. The van der Waals surface area contributed by atoms with Crippen LogP contribution in [-0.4, -0.2) is 161 Å². The highest BCUT2D eigenvalue weighted by atomic mass is 31.2. The maximum absolute atomic E-state index is 12.1. The average molecular weight is 1150 g/mol. The summed E-state index contributed by atoms with van der Waals surface area (Å²) in [6.07, 6.45) is 41.4. The van der Waals surface area contributed by atoms with E-state index >= 15 is 0 Å². The quantitative estimate of drug-likeness (QED) is 0.0239. The zero-order valence-electron chi connectivity index (χ0n) is 50.8. The van der Waals surface area contributed by atoms with Crippen molar-refractivity contribution in [2.45, 2.75) is 244 Å². The van der Waals surface area contributed by atoms with Crippen LogP contribution >= 0.6 is 15.6 Å². The van der Waals surface area contributed by atoms with Gasteiger partial charge in [0.05, 0.1) is 68.7 Å². The molecule has 0 spiro atoms. The Bertz CT molecular complexity index is 1240. The van der Waals surface area contributed by atoms with Gasteiger partial charge in [-0.2, -0.15) is 0 Å². The van der Waals surface area contributed by atoms with Gasteiger partial charge in [-0.15, -0.1) is 0 Å². The summed E-state index contributed by atoms with van der Waals surface area (Å²) in [5.74, 6) is 0. The zero-order valence-corrected chi connectivity index (χ0v) is 52.6. The van der Waals surface area contributed by atoms with Crippen LogP contribution in [0.15, 0.2) is 0 Å². The fraction of sp³-hybridized carbons (Fsp3) is 0.966. The fourth-order valence-corrected chi connectivity index (χ4v) is 9.41. The second-order valence-corrected chi connectivity index (χ2v) is 25.7. The molecule has 0 heterocycles. The van der Waals surface area contributed by atoms with E-state index in [4.69, 9.17) is 37.0 Å². The molecule has 0 aliphatic heterocycles. The molecular weight excluding hydrogens is 1030 g/mol. The topological polar surface area (TPSA) is 220 Å². The molecule has 0 aliphatic carbocycles. The number of nitrogens with zero attached hydrogens (tertiary/aromatic N) is 2. The molecule has 2 N–H and O–H groups in total. The van der Waals surface area contributed by atoms with Crippen LogP contribution in [0, 0.1) is 0 Å². The lowest BCUT2D eigenvalue weighted by molar-refractivity contribution is -0.870. The second-order valence-electron chi connectivity index (χ2n) is 22.8. The number of phosphoric ester groups is 2. The normalized spacial score (nSPS) is 14.3. The Kier molecular flexibility index (Phi) is 59.7. The van der Waals surface area contributed by atoms with Crippen molar-refractivity contribution in [2.75, 3.05) is 121 Å². The fourth-order valence-electron chi connectivity index (χ4n) is 7.95. The maximum atomic E-state index is 12.1. The molecule has 2 unspecified atom stereocenters. The third kappa shape index (κ3) is 67.7. The van der Waals surface area contributed by atoms with E-state index in [1.165, 1.54) is 154 Å². The van der Waals surface area contributed by atoms with Crippen molar-refractivity contribution < 1.29 is 80.0 Å². The van der Waals surface area contributed by atoms with Gasteiger partial charge < -0.3 is 70.9 Å². The number of unbranched alkanes of at least 4 members (excludes halogenated alkanes) is 30. The minimum absolute atomic E-state index is 0. The molecule has 0 aromatic carbocycles. The molecule has 0 aromatic heterocycles. The summed E-state index contributed by atoms with van der Waals surface area (Å²) in [4.78, 5) is 45.2. The Hall–Kier alpha value is -0.720. The molecule has 17 nitrogen and oxygen atoms in total. The van der Waals surface area contributed by atoms with Crippen molar-refractivity contribution in [1.29, 1.82) is 0 Å². The van der Waals surface area contributed by atoms with E-state index in [1.54, 1.807) is 0 Å². The highest BCUT2D eigenvalue weighted by Crippen LogP contribution is 2.39. The van der Waals surface area contributed by atoms with Crippen molar-refractivity contribution >= 4 is 28.2 Å². The van der Waals surface area contributed by atoms with E-state index in [-0.39, 0.29) is 45.1 Å². The summed E-state index contributed by atoms with van der Waals surface area (Å²) in [7, 11) is 2.97. The highest BCUT2D eigenvalue weighted by molar-refractivity contribution is 7.46. The van der Waals surface area contributed by atoms with Gasteiger partial charge in [0.2, 0.25) is 0 Å². The van der Waals surface area contributed by atoms with Crippen molar-refractivity contribution in [3.63, 3.8) is 0 Å². The monoisotopic (exact) mass is 1150 g/mol. The molecule has 0 fully saturated rings. The van der Waals surface area contributed by atoms with E-state index in [0.717, 1.165) is 63.9 Å². The molecule has 77 heavy (non-hydrogen) atoms. The molecule has 0 aromatic rings. The van der Waals surface area contributed by atoms with E-state index in [0.29, 0.717) is 61.3 Å². The van der Waals surface area contributed by atoms with Crippen molar-refractivity contribution in [2.24, 2.45) is 0 Å². The number of hydrogen-bond acceptors (Lipinski definition) is 14. The first-order chi connectivity index (χ1) is 36.4. The van der Waals surface area contributed by atoms with Crippen molar-refractivity contribution in [3.8, 4) is 0 Å². The van der Waals surface area contributed by atoms with Crippen LogP contribution in [0.4, 0.5) is 0 Å². The van der Waals surface area contributed by atoms with Crippen LogP contribution < -0.4 is 9.79 Å². The lowest BCUT2D eigenvalue weighted by Crippen LogP contribution is -2.37. The largest absolute Gasteiger partial charge is 0.756 e. The van der Waals surface area contributed by atoms with Gasteiger partial charge in [-0.05, 0) is 38.5 Å². The summed E-state index contributed by atoms with van der Waals surface area (Å²) in [5.41, 5.74) is 0. The maximum Gasteiger partial charge on any atom is 0.268 e. The Morgan fingerprint density at radius 1 is 0.364 bits per heavy atom. The van der Waals surface area contributed by atoms with E-state index in [9.17, 15) is 28.5 Å². The predicted molar refractivity (Wildman–Crippen MR) is 310 cm³/mol. The van der Waals surface area contributed by atoms with Gasteiger partial charge in [0.15, 0.2) is 0 Å². The summed E-state index contributed by atoms with van der Waals surface area (Å²) in [6, 6.07) is 0. The number of likely N-dealkylation sites (N-methyl/N-ethyl adjacent to an activating group) is 2. The minimum atomic E-state index is -4.40. The number of aldehydes is 2. The number of rotatable bonds is 60. The van der Waals surface area contributed by atoms with Gasteiger partial charge in [-0.3, -0.25) is 9.13 Å². The molecule has 0 saturated carbocycles. The highest BCUT2D eigenvalue weighted by Gasteiger charge is 2.19. The Morgan fingerprint density at radius 3 is 0.883 bits per heavy atom. The summed E-state index contributed by atoms with van der Waals surface area (Å²) < 4.78 is 68.6. The zero-order chi connectivity index (χ0) is 56.8. The molecule has 4 atom stereocenters. The summed E-state index contributed by atoms with van der Waals surface area (Å²) >= 11 is 0. The van der Waals surface area contributed by atoms with Crippen LogP contribution in [0.1, 0.15) is 232 Å². The van der Waals surface area contributed by atoms with E-state index < -0.39 is 27.9 Å². The van der Waals surface area contributed by atoms with Crippen LogP contribution in [-0.2, 0) is 55.8 Å². The van der Waals surface area contributed by atoms with Crippen LogP contribution in [0.5, 0.6) is 0 Å². The number of quaternary nitrogens is 2. The lowest BCUT2D eigenvalue weighted by atomic mass is 10.0. The van der Waals surface area contributed by atoms with Crippen LogP contribution in [0.25, 0.3) is 0 Å². The van der Waals surface area contributed by atoms with Gasteiger partial charge >= 0.3 is 0 Å². The molecule has 0 saturated heterocycles. The first-order valence-electron chi connectivity index (χ1n) is 30.5. The van der Waals surface area contributed by atoms with Gasteiger partial charge in [0, 0.05) is 39.3 Å². The minimum Gasteiger partial charge on any atom is -0.756 e. The van der Waals surface area contributed by atoms with Crippen LogP contribution in [0.3, 0.4) is 0 Å². The molecule has 0 bridgehead atoms. The predicted octanol–water partition coefficient (Wildman–Crippen LogP) is 12.1. The Balaban J connectivity index is -0.00000140. The molecule has 0 amide bonds. The van der Waals surface area contributed by atoms with E-state index in [1.807, 2.05) is 42.3 Å². The van der Waals surface area contributed by atoms with Gasteiger partial charge in [0.1, 0.15) is 51.1 Å². The van der Waals surface area contributed by atoms with Crippen molar-refractivity contribution in [1.82, 2.24) is 0 Å². The molecule has 0 aliphatic rings. The molecule has 0 radical (unpaired) electrons. The molecule has 19 heteroatoms. The standard InChI is InChI=1S/2C29H60NO7P.H2O/c2*1-5-6-7-8-9-10-11-12-13-14-15-16-17-20-24-34-27-29(35-25-21-18-19-23-31)28-37-38(32,33)36-26-22-30(2,3)4;/h2*23,29H,5-22,24-28H2,1-4H3;1H2/t2*29-;/m00./s1. The third-order valence-electron chi connectivity index (χ3n) is 12.9. The number of phosphoric acid groups is 2. The smallest absolute Gasteiger partial charge is 0.268 e. The lowest BCUT2D eigenvalue weighted by Gasteiger charge is -2.28. The Labute approximate surface area is 472 Å². The SMILES string of the molecule is CCCCCCCCCCCCCCCCOC[C@@H](COP(=O)([O-])OCC[N+](C)(C)C)OCCCCC=O.CCCCCCCCCCCCCCCCOC[C@@H](COP(=O)([O-])OCC[N+](C)(C)C)OCCCCC=O.O. The molecular formula is C58H122N2O15P2. The average Bonchev–Trinajstić information content (AvgIpc) is 3.35. The van der Waals surface area contributed by atoms with Crippen LogP contribution in [0.2, 0.25) is 0 Å². The van der Waals surface area contributed by atoms with E-state index in [2.05, 4.69) is 13.8 Å². The van der Waals surface area contributed by atoms with Crippen molar-refractivity contribution in [3.05, 3.63) is 0 Å². The number of hydrogen-bond donors (Lipinski definition) is 0. The third-order valence-corrected chi connectivity index (χ3v) is 14.8. The summed E-state index contributed by atoms with van der Waals surface area (Å²) in [5, 5.41) is 0. The van der Waals surface area contributed by atoms with Gasteiger partial charge in [-0.1, -0.05) is 181 Å². The summed E-state index contributed by atoms with van der Waals surface area (Å²) in [6.45, 7) is 8.12. The number of ether oxygens (including phenoxy) is 4. The second kappa shape index (κ2) is 57.1. The van der Waals surface area contributed by atoms with Gasteiger partial charge in [0.25, 0.3) is 15.6 Å². The first kappa shape index (κ1) is 80.5. The molecule has 0 rings (SSSR count). The number of carbonyl (C=O) groups excluding carboxylic acids is 2. The number of carbonyl (C=O) groups is 2.